The first-order valence-electron chi connectivity index (χ1n) is 20.2. The zero-order valence-corrected chi connectivity index (χ0v) is 39.4. The van der Waals surface area contributed by atoms with Crippen LogP contribution < -0.4 is 48.5 Å². The van der Waals surface area contributed by atoms with Crippen molar-refractivity contribution in [2.45, 2.75) is 53.4 Å². The van der Waals surface area contributed by atoms with Crippen molar-refractivity contribution in [2.24, 2.45) is 23.7 Å². The predicted octanol–water partition coefficient (Wildman–Crippen LogP) is 2.84. The number of alkyl halides is 1. The second kappa shape index (κ2) is 32.9. The van der Waals surface area contributed by atoms with E-state index in [1.54, 1.807) is 12.1 Å². The van der Waals surface area contributed by atoms with E-state index in [9.17, 15) is 20.4 Å². The number of aromatic hydroxyl groups is 4. The third-order valence-corrected chi connectivity index (χ3v) is 9.92. The van der Waals surface area contributed by atoms with Crippen LogP contribution in [-0.4, -0.2) is 117 Å². The summed E-state index contributed by atoms with van der Waals surface area (Å²) in [7, 11) is 0. The molecule has 342 valence electrons. The van der Waals surface area contributed by atoms with E-state index in [1.807, 2.05) is 48.5 Å². The summed E-state index contributed by atoms with van der Waals surface area (Å²) in [6.07, 6.45) is 3.25. The Hall–Kier alpha value is -3.67. The number of aliphatic hydroxyl groups is 5. The molecule has 0 aliphatic rings. The third kappa shape index (κ3) is 21.6. The molecule has 0 aliphatic heterocycles. The topological polar surface area (TPSA) is 249 Å². The van der Waals surface area contributed by atoms with E-state index in [1.165, 1.54) is 12.1 Å². The summed E-state index contributed by atoms with van der Waals surface area (Å²) >= 11 is 4.94. The number of hydrogen-bond donors (Lipinski definition) is 9. The maximum Gasteiger partial charge on any atom is 1.00 e. The zero-order valence-electron chi connectivity index (χ0n) is 36.6. The van der Waals surface area contributed by atoms with Gasteiger partial charge in [-0.25, -0.2) is 0 Å². The van der Waals surface area contributed by atoms with E-state index >= 15 is 0 Å². The van der Waals surface area contributed by atoms with Crippen molar-refractivity contribution in [1.82, 2.24) is 0 Å². The molecule has 0 saturated carbocycles. The molecular formula is C46H66ClNaO14. The quantitative estimate of drug-likeness (QED) is 0.0295. The Balaban J connectivity index is 0.00000114. The van der Waals surface area contributed by atoms with Crippen LogP contribution in [0.1, 0.15) is 49.9 Å². The number of halogens is 1. The van der Waals surface area contributed by atoms with Gasteiger partial charge in [0.1, 0.15) is 26.4 Å². The van der Waals surface area contributed by atoms with Crippen molar-refractivity contribution in [3.05, 3.63) is 95.1 Å². The number of hydrogen-bond acceptors (Lipinski definition) is 14. The van der Waals surface area contributed by atoms with Gasteiger partial charge in [0.25, 0.3) is 0 Å². The Morgan fingerprint density at radius 1 is 0.403 bits per heavy atom. The Morgan fingerprint density at radius 3 is 0.919 bits per heavy atom. The van der Waals surface area contributed by atoms with Gasteiger partial charge in [-0.3, -0.25) is 0 Å². The van der Waals surface area contributed by atoms with E-state index < -0.39 is 0 Å². The molecule has 4 rings (SSSR count). The van der Waals surface area contributed by atoms with E-state index in [2.05, 4.69) is 27.7 Å². The van der Waals surface area contributed by atoms with Crippen LogP contribution in [0.5, 0.6) is 46.0 Å². The molecule has 4 atom stereocenters. The molecular weight excluding hydrogens is 835 g/mol. The summed E-state index contributed by atoms with van der Waals surface area (Å²) in [5.74, 6) is 3.60. The van der Waals surface area contributed by atoms with Gasteiger partial charge >= 0.3 is 29.6 Å². The average Bonchev–Trinajstić information content (AvgIpc) is 3.24. The number of benzene rings is 4. The SMILES string of the molecule is C[C@H](Cc1ccc(O)c(O)c1)[C@@H](C)Cc1ccc(O)c(O)c1.C[C@H](Cc1ccc(OCCO)c(OCCO)c1)[C@@H](C)Cc1ccc(OCCO)c(OCCO)c1.OCCCl.[Na+].[OH-]. The van der Waals surface area contributed by atoms with Crippen LogP contribution in [0.2, 0.25) is 0 Å². The van der Waals surface area contributed by atoms with Crippen LogP contribution in [0.25, 0.3) is 0 Å². The predicted molar refractivity (Wildman–Crippen MR) is 234 cm³/mol. The number of ether oxygens (including phenoxy) is 4. The van der Waals surface area contributed by atoms with Crippen molar-refractivity contribution < 1.29 is 99.9 Å². The minimum atomic E-state index is -0.107. The van der Waals surface area contributed by atoms with Gasteiger partial charge in [-0.15, -0.1) is 11.6 Å². The summed E-state index contributed by atoms with van der Waals surface area (Å²) in [6, 6.07) is 21.3. The van der Waals surface area contributed by atoms with E-state index in [-0.39, 0.29) is 117 Å². The summed E-state index contributed by atoms with van der Waals surface area (Å²) in [4.78, 5) is 0. The monoisotopic (exact) mass is 900 g/mol. The summed E-state index contributed by atoms with van der Waals surface area (Å²) in [6.45, 7) is 9.10. The number of rotatable bonds is 23. The van der Waals surface area contributed by atoms with Gasteiger partial charge in [-0.2, -0.15) is 0 Å². The van der Waals surface area contributed by atoms with Crippen molar-refractivity contribution >= 4 is 11.6 Å². The van der Waals surface area contributed by atoms with Gasteiger partial charge in [0.15, 0.2) is 46.0 Å². The molecule has 0 bridgehead atoms. The third-order valence-electron chi connectivity index (χ3n) is 9.75. The fourth-order valence-electron chi connectivity index (χ4n) is 6.13. The van der Waals surface area contributed by atoms with Gasteiger partial charge in [0.2, 0.25) is 0 Å². The summed E-state index contributed by atoms with van der Waals surface area (Å²) in [5.41, 5.74) is 4.15. The van der Waals surface area contributed by atoms with Crippen LogP contribution in [-0.2, 0) is 25.7 Å². The Bertz CT molecular complexity index is 1670. The van der Waals surface area contributed by atoms with E-state index in [0.717, 1.165) is 47.9 Å². The molecule has 0 spiro atoms. The van der Waals surface area contributed by atoms with Crippen LogP contribution >= 0.6 is 11.6 Å². The number of phenols is 4. The van der Waals surface area contributed by atoms with E-state index in [0.29, 0.717) is 52.5 Å². The molecule has 62 heavy (non-hydrogen) atoms. The molecule has 10 N–H and O–H groups in total. The second-order valence-corrected chi connectivity index (χ2v) is 15.0. The molecule has 4 aromatic carbocycles. The minimum absolute atomic E-state index is 0. The van der Waals surface area contributed by atoms with Crippen molar-refractivity contribution in [3.63, 3.8) is 0 Å². The van der Waals surface area contributed by atoms with Crippen molar-refractivity contribution in [1.29, 1.82) is 0 Å². The Kier molecular flexibility index (Phi) is 31.0. The second-order valence-electron chi connectivity index (χ2n) is 14.6. The number of aliphatic hydroxyl groups excluding tert-OH is 5. The molecule has 14 nitrogen and oxygen atoms in total. The van der Waals surface area contributed by atoms with Crippen molar-refractivity contribution in [3.8, 4) is 46.0 Å². The maximum atomic E-state index is 9.54. The van der Waals surface area contributed by atoms with Gasteiger partial charge in [0.05, 0.1) is 33.0 Å². The zero-order chi connectivity index (χ0) is 44.5. The van der Waals surface area contributed by atoms with Crippen LogP contribution in [0.3, 0.4) is 0 Å². The summed E-state index contributed by atoms with van der Waals surface area (Å²) < 4.78 is 22.3. The molecule has 0 saturated heterocycles. The first-order valence-corrected chi connectivity index (χ1v) is 20.7. The maximum absolute atomic E-state index is 9.54. The average molecular weight is 901 g/mol. The molecule has 4 aromatic rings. The van der Waals surface area contributed by atoms with Crippen LogP contribution in [0.4, 0.5) is 0 Å². The van der Waals surface area contributed by atoms with Gasteiger partial charge in [-0.1, -0.05) is 52.0 Å². The first kappa shape index (κ1) is 58.3. The van der Waals surface area contributed by atoms with Crippen LogP contribution in [0.15, 0.2) is 72.8 Å². The molecule has 0 aliphatic carbocycles. The Labute approximate surface area is 392 Å². The molecule has 0 fully saturated rings. The van der Waals surface area contributed by atoms with Gasteiger partial charge in [-0.05, 0) is 120 Å². The fourth-order valence-corrected chi connectivity index (χ4v) is 6.13. The molecule has 0 radical (unpaired) electrons. The molecule has 0 unspecified atom stereocenters. The van der Waals surface area contributed by atoms with Crippen molar-refractivity contribution in [2.75, 3.05) is 65.3 Å². The normalized spacial score (nSPS) is 12.4. The standard InChI is InChI=1S/C26H38O8.C18H22O4.C2H5ClO.Na.H2O/c1-19(15-21-3-5-23(31-11-7-27)25(17-21)33-13-9-29)20(2)16-22-4-6-24(32-12-8-28)26(18-22)34-14-10-30;1-11(7-13-3-5-15(19)17(21)9-13)12(2)8-14-4-6-16(20)18(22)10-14;3-1-2-4;;/h3-6,17-20,27-30H,7-16H2,1-2H3;3-6,9-12,19-22H,7-8H2,1-2H3;4H,1-2H2;;1H2/q;;;+1;/p-1/t19-,20+;11-,12+;;;. The molecule has 16 heteroatoms. The van der Waals surface area contributed by atoms with Gasteiger partial charge in [0, 0.05) is 5.88 Å². The fraction of sp³-hybridized carbons (Fsp3) is 0.478. The van der Waals surface area contributed by atoms with Gasteiger partial charge < -0.3 is 70.4 Å². The number of phenolic OH excluding ortho intramolecular Hbond substituents is 4. The summed E-state index contributed by atoms with van der Waals surface area (Å²) in [5, 5.41) is 81.7. The van der Waals surface area contributed by atoms with E-state index in [4.69, 9.17) is 56.1 Å². The molecule has 0 heterocycles. The minimum Gasteiger partial charge on any atom is -0.870 e. The Morgan fingerprint density at radius 2 is 0.661 bits per heavy atom. The first-order chi connectivity index (χ1) is 28.8. The van der Waals surface area contributed by atoms with Crippen LogP contribution in [0, 0.1) is 23.7 Å². The smallest absolute Gasteiger partial charge is 0.870 e. The molecule has 0 amide bonds. The largest absolute Gasteiger partial charge is 1.00 e. The molecule has 0 aromatic heterocycles.